The summed E-state index contributed by atoms with van der Waals surface area (Å²) in [7, 11) is -2.40. The fourth-order valence-electron chi connectivity index (χ4n) is 3.70. The topological polar surface area (TPSA) is 66.9 Å². The maximum absolute atomic E-state index is 13.2. The zero-order chi connectivity index (χ0) is 20.6. The number of carbonyl (C=O) groups excluding carboxylic acids is 1. The summed E-state index contributed by atoms with van der Waals surface area (Å²) in [5.41, 5.74) is 1.12. The van der Waals surface area contributed by atoms with Crippen molar-refractivity contribution in [2.75, 3.05) is 25.1 Å². The van der Waals surface area contributed by atoms with E-state index in [4.69, 9.17) is 16.3 Å². The third kappa shape index (κ3) is 3.49. The van der Waals surface area contributed by atoms with Gasteiger partial charge in [-0.1, -0.05) is 23.7 Å². The molecule has 0 unspecified atom stereocenters. The van der Waals surface area contributed by atoms with Crippen molar-refractivity contribution in [2.45, 2.75) is 24.2 Å². The Morgan fingerprint density at radius 3 is 2.48 bits per heavy atom. The van der Waals surface area contributed by atoms with Gasteiger partial charge in [0.05, 0.1) is 22.7 Å². The van der Waals surface area contributed by atoms with Crippen molar-refractivity contribution in [3.8, 4) is 5.75 Å². The van der Waals surface area contributed by atoms with Crippen molar-refractivity contribution in [3.63, 3.8) is 0 Å². The van der Waals surface area contributed by atoms with Crippen LogP contribution in [0.4, 0.5) is 11.4 Å². The molecule has 0 aliphatic carbocycles. The fourth-order valence-corrected chi connectivity index (χ4v) is 5.49. The first-order valence-electron chi connectivity index (χ1n) is 9.41. The molecule has 152 valence electrons. The summed E-state index contributed by atoms with van der Waals surface area (Å²) in [6, 6.07) is 11.8. The van der Waals surface area contributed by atoms with E-state index < -0.39 is 15.7 Å². The summed E-state index contributed by atoms with van der Waals surface area (Å²) < 4.78 is 31.7. The number of piperidine rings is 1. The molecule has 8 heteroatoms. The second-order valence-corrected chi connectivity index (χ2v) is 9.30. The number of fused-ring (bicyclic) bond motifs is 1. The van der Waals surface area contributed by atoms with Crippen molar-refractivity contribution in [3.05, 3.63) is 58.6 Å². The van der Waals surface area contributed by atoms with Crippen LogP contribution in [0.1, 0.15) is 19.3 Å². The van der Waals surface area contributed by atoms with Crippen molar-refractivity contribution in [2.24, 2.45) is 0 Å². The highest BCUT2D eigenvalue weighted by Crippen LogP contribution is 2.41. The molecule has 2 aliphatic heterocycles. The lowest BCUT2D eigenvalue weighted by Gasteiger charge is -2.32. The van der Waals surface area contributed by atoms with Gasteiger partial charge in [0.2, 0.25) is 9.84 Å². The van der Waals surface area contributed by atoms with Crippen molar-refractivity contribution in [1.82, 2.24) is 4.90 Å². The van der Waals surface area contributed by atoms with E-state index in [2.05, 4.69) is 0 Å². The molecule has 2 aliphatic rings. The molecule has 0 atom stereocenters. The molecule has 1 amide bonds. The fraction of sp³-hybridized carbons (Fsp3) is 0.286. The highest BCUT2D eigenvalue weighted by atomic mass is 35.5. The summed E-state index contributed by atoms with van der Waals surface area (Å²) in [5, 5.41) is 0.396. The predicted octanol–water partition coefficient (Wildman–Crippen LogP) is 4.13. The lowest BCUT2D eigenvalue weighted by Crippen LogP contribution is -2.39. The van der Waals surface area contributed by atoms with Crippen LogP contribution in [0.2, 0.25) is 5.02 Å². The Morgan fingerprint density at radius 2 is 1.79 bits per heavy atom. The van der Waals surface area contributed by atoms with E-state index in [-0.39, 0.29) is 9.80 Å². The maximum Gasteiger partial charge on any atom is 0.267 e. The van der Waals surface area contributed by atoms with Gasteiger partial charge in [-0.25, -0.2) is 8.42 Å². The number of halogens is 1. The molecule has 6 nitrogen and oxygen atoms in total. The number of sulfone groups is 1. The number of amides is 1. The minimum absolute atomic E-state index is 0.106. The van der Waals surface area contributed by atoms with Gasteiger partial charge in [-0.2, -0.15) is 0 Å². The van der Waals surface area contributed by atoms with Gasteiger partial charge in [-0.05, 0) is 49.6 Å². The normalized spacial score (nSPS) is 18.1. The quantitative estimate of drug-likeness (QED) is 0.729. The number of likely N-dealkylation sites (tertiary alicyclic amines) is 1. The van der Waals surface area contributed by atoms with Crippen molar-refractivity contribution >= 4 is 38.7 Å². The molecule has 0 spiro atoms. The number of anilines is 2. The minimum Gasteiger partial charge on any atom is -0.495 e. The molecule has 0 saturated carbocycles. The lowest BCUT2D eigenvalue weighted by atomic mass is 10.1. The van der Waals surface area contributed by atoms with Crippen molar-refractivity contribution in [1.29, 1.82) is 0 Å². The Bertz CT molecular complexity index is 1090. The number of methoxy groups -OCH3 is 1. The van der Waals surface area contributed by atoms with Crippen LogP contribution in [0.5, 0.6) is 5.75 Å². The largest absolute Gasteiger partial charge is 0.495 e. The molecule has 29 heavy (non-hydrogen) atoms. The van der Waals surface area contributed by atoms with E-state index in [1.165, 1.54) is 19.4 Å². The van der Waals surface area contributed by atoms with E-state index in [1.54, 1.807) is 46.2 Å². The molecule has 2 heterocycles. The number of nitrogens with zero attached hydrogens (tertiary/aromatic N) is 2. The third-order valence-electron chi connectivity index (χ3n) is 5.22. The van der Waals surface area contributed by atoms with Crippen LogP contribution in [0.15, 0.2) is 58.5 Å². The number of hydrogen-bond acceptors (Lipinski definition) is 5. The van der Waals surface area contributed by atoms with Crippen LogP contribution in [-0.4, -0.2) is 39.4 Å². The summed E-state index contributed by atoms with van der Waals surface area (Å²) in [6.45, 7) is 1.14. The average Bonchev–Trinajstić information content (AvgIpc) is 2.74. The van der Waals surface area contributed by atoms with Gasteiger partial charge in [0, 0.05) is 25.0 Å². The summed E-state index contributed by atoms with van der Waals surface area (Å²) in [6.07, 6.45) is 4.22. The molecule has 0 aromatic heterocycles. The SMILES string of the molecule is COc1ccc(N2C=C(C(=O)N3CCCCC3)S(=O)(=O)c3ccccc32)cc1Cl. The molecule has 1 fully saturated rings. The maximum atomic E-state index is 13.2. The summed E-state index contributed by atoms with van der Waals surface area (Å²) in [4.78, 5) is 16.3. The van der Waals surface area contributed by atoms with Gasteiger partial charge >= 0.3 is 0 Å². The van der Waals surface area contributed by atoms with Gasteiger partial charge in [-0.15, -0.1) is 0 Å². The number of rotatable bonds is 3. The Hall–Kier alpha value is -2.51. The zero-order valence-electron chi connectivity index (χ0n) is 16.0. The van der Waals surface area contributed by atoms with Crippen LogP contribution in [0, 0.1) is 0 Å². The van der Waals surface area contributed by atoms with Crippen LogP contribution in [0.25, 0.3) is 0 Å². The molecule has 0 radical (unpaired) electrons. The third-order valence-corrected chi connectivity index (χ3v) is 7.30. The summed E-state index contributed by atoms with van der Waals surface area (Å²) >= 11 is 6.29. The monoisotopic (exact) mass is 432 g/mol. The first kappa shape index (κ1) is 19.8. The highest BCUT2D eigenvalue weighted by Gasteiger charge is 2.37. The van der Waals surface area contributed by atoms with Crippen LogP contribution >= 0.6 is 11.6 Å². The number of benzene rings is 2. The Labute approximate surface area is 175 Å². The zero-order valence-corrected chi connectivity index (χ0v) is 17.5. The van der Waals surface area contributed by atoms with Crippen LogP contribution < -0.4 is 9.64 Å². The Kier molecular flexibility index (Phi) is 5.27. The predicted molar refractivity (Wildman–Crippen MR) is 112 cm³/mol. The minimum atomic E-state index is -3.92. The second-order valence-electron chi connectivity index (χ2n) is 7.01. The molecular formula is C21H21ClN2O4S. The first-order chi connectivity index (χ1) is 13.9. The number of para-hydroxylation sites is 1. The molecule has 4 rings (SSSR count). The smallest absolute Gasteiger partial charge is 0.267 e. The van der Waals surface area contributed by atoms with Crippen molar-refractivity contribution < 1.29 is 17.9 Å². The van der Waals surface area contributed by atoms with E-state index in [9.17, 15) is 13.2 Å². The van der Waals surface area contributed by atoms with Gasteiger partial charge in [0.15, 0.2) is 4.91 Å². The van der Waals surface area contributed by atoms with E-state index in [0.717, 1.165) is 19.3 Å². The number of ether oxygens (including phenoxy) is 1. The Balaban J connectivity index is 1.85. The number of hydrogen-bond donors (Lipinski definition) is 0. The molecule has 0 N–H and O–H groups in total. The molecular weight excluding hydrogens is 412 g/mol. The van der Waals surface area contributed by atoms with Crippen LogP contribution in [0.3, 0.4) is 0 Å². The van der Waals surface area contributed by atoms with Gasteiger partial charge in [0.1, 0.15) is 5.75 Å². The first-order valence-corrected chi connectivity index (χ1v) is 11.3. The van der Waals surface area contributed by atoms with Gasteiger partial charge in [0.25, 0.3) is 5.91 Å². The summed E-state index contributed by atoms with van der Waals surface area (Å²) in [5.74, 6) is 0.0609. The standard InChI is InChI=1S/C21H21ClN2O4S/c1-28-18-10-9-15(13-16(18)22)24-14-20(21(25)23-11-5-2-6-12-23)29(26,27)19-8-4-3-7-17(19)24/h3-4,7-10,13-14H,2,5-6,11-12H2,1H3. The average molecular weight is 433 g/mol. The number of carbonyl (C=O) groups is 1. The Morgan fingerprint density at radius 1 is 1.07 bits per heavy atom. The molecule has 2 aromatic carbocycles. The molecule has 2 aromatic rings. The van der Waals surface area contributed by atoms with Gasteiger partial charge in [-0.3, -0.25) is 4.79 Å². The highest BCUT2D eigenvalue weighted by molar-refractivity contribution is 7.96. The van der Waals surface area contributed by atoms with E-state index in [1.807, 2.05) is 0 Å². The molecule has 1 saturated heterocycles. The lowest BCUT2D eigenvalue weighted by molar-refractivity contribution is -0.127. The van der Waals surface area contributed by atoms with Crippen LogP contribution in [-0.2, 0) is 14.6 Å². The van der Waals surface area contributed by atoms with Gasteiger partial charge < -0.3 is 14.5 Å². The molecule has 0 bridgehead atoms. The van der Waals surface area contributed by atoms with E-state index in [0.29, 0.717) is 35.2 Å². The second kappa shape index (κ2) is 7.72. The van der Waals surface area contributed by atoms with E-state index >= 15 is 0 Å².